The summed E-state index contributed by atoms with van der Waals surface area (Å²) >= 11 is 0. The Balaban J connectivity index is 2.52. The third-order valence-electron chi connectivity index (χ3n) is 3.03. The van der Waals surface area contributed by atoms with Crippen LogP contribution in [0, 0.1) is 0 Å². The van der Waals surface area contributed by atoms with Gasteiger partial charge in [0.15, 0.2) is 0 Å². The van der Waals surface area contributed by atoms with Crippen molar-refractivity contribution in [1.29, 1.82) is 0 Å². The van der Waals surface area contributed by atoms with Gasteiger partial charge in [0, 0.05) is 25.8 Å². The van der Waals surface area contributed by atoms with Crippen molar-refractivity contribution in [2.45, 2.75) is 30.6 Å². The van der Waals surface area contributed by atoms with Gasteiger partial charge in [0.25, 0.3) is 5.91 Å². The summed E-state index contributed by atoms with van der Waals surface area (Å²) < 4.78 is 26.6. The quantitative estimate of drug-likeness (QED) is 0.590. The van der Waals surface area contributed by atoms with Gasteiger partial charge in [-0.15, -0.1) is 0 Å². The van der Waals surface area contributed by atoms with E-state index in [9.17, 15) is 13.2 Å². The zero-order valence-electron chi connectivity index (χ0n) is 12.1. The van der Waals surface area contributed by atoms with Crippen LogP contribution in [0.3, 0.4) is 0 Å². The normalized spacial score (nSPS) is 11.3. The van der Waals surface area contributed by atoms with Gasteiger partial charge < -0.3 is 10.4 Å². The van der Waals surface area contributed by atoms with Crippen molar-refractivity contribution in [1.82, 2.24) is 10.0 Å². The van der Waals surface area contributed by atoms with Crippen LogP contribution in [0.4, 0.5) is 0 Å². The molecule has 0 fully saturated rings. The van der Waals surface area contributed by atoms with Gasteiger partial charge in [0.05, 0.1) is 4.90 Å². The molecule has 0 radical (unpaired) electrons. The van der Waals surface area contributed by atoms with E-state index in [1.165, 1.54) is 31.3 Å². The largest absolute Gasteiger partial charge is 0.396 e. The minimum atomic E-state index is -3.53. The van der Waals surface area contributed by atoms with Gasteiger partial charge in [0.2, 0.25) is 10.0 Å². The standard InChI is InChI=1S/C14H22N2O4S/c1-15-14(18)12-6-8-13(9-7-12)21(19,20)16-10-4-2-3-5-11-17/h6-9,16-17H,2-5,10-11H2,1H3,(H,15,18). The highest BCUT2D eigenvalue weighted by molar-refractivity contribution is 7.89. The fourth-order valence-corrected chi connectivity index (χ4v) is 2.88. The second-order valence-electron chi connectivity index (χ2n) is 4.64. The summed E-state index contributed by atoms with van der Waals surface area (Å²) in [6.07, 6.45) is 3.24. The van der Waals surface area contributed by atoms with Crippen LogP contribution in [0.25, 0.3) is 0 Å². The van der Waals surface area contributed by atoms with E-state index in [0.29, 0.717) is 12.1 Å². The number of benzene rings is 1. The first-order valence-electron chi connectivity index (χ1n) is 6.94. The maximum absolute atomic E-state index is 12.0. The first-order valence-corrected chi connectivity index (χ1v) is 8.42. The van der Waals surface area contributed by atoms with E-state index in [-0.39, 0.29) is 17.4 Å². The molecule has 21 heavy (non-hydrogen) atoms. The third-order valence-corrected chi connectivity index (χ3v) is 4.51. The number of hydrogen-bond donors (Lipinski definition) is 3. The molecular formula is C14H22N2O4S. The molecule has 0 bridgehead atoms. The number of amides is 1. The fraction of sp³-hybridized carbons (Fsp3) is 0.500. The summed E-state index contributed by atoms with van der Waals surface area (Å²) in [4.78, 5) is 11.5. The van der Waals surface area contributed by atoms with Crippen LogP contribution in [0.15, 0.2) is 29.2 Å². The third kappa shape index (κ3) is 5.82. The van der Waals surface area contributed by atoms with Gasteiger partial charge in [-0.05, 0) is 37.1 Å². The summed E-state index contributed by atoms with van der Waals surface area (Å²) in [6, 6.07) is 5.79. The van der Waals surface area contributed by atoms with Crippen LogP contribution >= 0.6 is 0 Å². The maximum atomic E-state index is 12.0. The summed E-state index contributed by atoms with van der Waals surface area (Å²) in [5, 5.41) is 11.1. The van der Waals surface area contributed by atoms with Gasteiger partial charge in [-0.2, -0.15) is 0 Å². The Morgan fingerprint density at radius 2 is 1.71 bits per heavy atom. The Hall–Kier alpha value is -1.44. The van der Waals surface area contributed by atoms with Gasteiger partial charge in [-0.3, -0.25) is 4.79 Å². The summed E-state index contributed by atoms with van der Waals surface area (Å²) in [5.41, 5.74) is 0.417. The average Bonchev–Trinajstić information content (AvgIpc) is 2.50. The molecule has 1 aromatic rings. The summed E-state index contributed by atoms with van der Waals surface area (Å²) in [6.45, 7) is 0.536. The van der Waals surface area contributed by atoms with Crippen LogP contribution in [0.5, 0.6) is 0 Å². The van der Waals surface area contributed by atoms with Crippen molar-refractivity contribution in [3.63, 3.8) is 0 Å². The average molecular weight is 314 g/mol. The molecule has 0 heterocycles. The van der Waals surface area contributed by atoms with Crippen molar-refractivity contribution >= 4 is 15.9 Å². The van der Waals surface area contributed by atoms with Crippen molar-refractivity contribution in [2.24, 2.45) is 0 Å². The molecule has 0 atom stereocenters. The molecule has 0 aliphatic rings. The van der Waals surface area contributed by atoms with Gasteiger partial charge in [-0.1, -0.05) is 12.8 Å². The number of sulfonamides is 1. The number of aliphatic hydroxyl groups excluding tert-OH is 1. The van der Waals surface area contributed by atoms with Crippen molar-refractivity contribution in [3.05, 3.63) is 29.8 Å². The molecule has 1 aromatic carbocycles. The van der Waals surface area contributed by atoms with Gasteiger partial charge >= 0.3 is 0 Å². The zero-order valence-corrected chi connectivity index (χ0v) is 12.9. The highest BCUT2D eigenvalue weighted by Gasteiger charge is 2.13. The van der Waals surface area contributed by atoms with Crippen LogP contribution in [-0.2, 0) is 10.0 Å². The van der Waals surface area contributed by atoms with E-state index < -0.39 is 10.0 Å². The van der Waals surface area contributed by atoms with Gasteiger partial charge in [0.1, 0.15) is 0 Å². The molecular weight excluding hydrogens is 292 g/mol. The summed E-state index contributed by atoms with van der Waals surface area (Å²) in [5.74, 6) is -0.254. The molecule has 1 rings (SSSR count). The predicted octanol–water partition coefficient (Wildman–Crippen LogP) is 0.877. The lowest BCUT2D eigenvalue weighted by Crippen LogP contribution is -2.25. The monoisotopic (exact) mass is 314 g/mol. The van der Waals surface area contributed by atoms with Crippen LogP contribution < -0.4 is 10.0 Å². The maximum Gasteiger partial charge on any atom is 0.251 e. The number of rotatable bonds is 9. The number of carbonyl (C=O) groups excluding carboxylic acids is 1. The fourth-order valence-electron chi connectivity index (χ4n) is 1.81. The minimum Gasteiger partial charge on any atom is -0.396 e. The molecule has 0 aromatic heterocycles. The SMILES string of the molecule is CNC(=O)c1ccc(S(=O)(=O)NCCCCCCO)cc1. The van der Waals surface area contributed by atoms with Crippen LogP contribution in [-0.4, -0.2) is 39.6 Å². The second-order valence-corrected chi connectivity index (χ2v) is 6.41. The number of unbranched alkanes of at least 4 members (excludes halogenated alkanes) is 3. The van der Waals surface area contributed by atoms with Crippen LogP contribution in [0.2, 0.25) is 0 Å². The Morgan fingerprint density at radius 3 is 2.29 bits per heavy atom. The molecule has 0 saturated heterocycles. The molecule has 0 aliphatic heterocycles. The Labute approximate surface area is 125 Å². The van der Waals surface area contributed by atoms with E-state index in [1.54, 1.807) is 0 Å². The number of aliphatic hydroxyl groups is 1. The van der Waals surface area contributed by atoms with E-state index in [1.807, 2.05) is 0 Å². The topological polar surface area (TPSA) is 95.5 Å². The molecule has 118 valence electrons. The first kappa shape index (κ1) is 17.6. The molecule has 3 N–H and O–H groups in total. The molecule has 0 aliphatic carbocycles. The number of hydrogen-bond acceptors (Lipinski definition) is 4. The van der Waals surface area contributed by atoms with E-state index in [4.69, 9.17) is 5.11 Å². The van der Waals surface area contributed by atoms with Gasteiger partial charge in [-0.25, -0.2) is 13.1 Å². The molecule has 0 spiro atoms. The Kier molecular flexibility index (Phi) is 7.35. The number of nitrogens with one attached hydrogen (secondary N) is 2. The Bertz CT molecular complexity index is 541. The van der Waals surface area contributed by atoms with Crippen molar-refractivity contribution in [3.8, 4) is 0 Å². The lowest BCUT2D eigenvalue weighted by atomic mass is 10.2. The highest BCUT2D eigenvalue weighted by Crippen LogP contribution is 2.10. The molecule has 1 amide bonds. The molecule has 0 unspecified atom stereocenters. The van der Waals surface area contributed by atoms with Crippen molar-refractivity contribution in [2.75, 3.05) is 20.2 Å². The summed E-state index contributed by atoms with van der Waals surface area (Å²) in [7, 11) is -2.01. The minimum absolute atomic E-state index is 0.144. The van der Waals surface area contributed by atoms with E-state index >= 15 is 0 Å². The smallest absolute Gasteiger partial charge is 0.251 e. The predicted molar refractivity (Wildman–Crippen MR) is 80.6 cm³/mol. The zero-order chi connectivity index (χ0) is 15.7. The van der Waals surface area contributed by atoms with Crippen LogP contribution in [0.1, 0.15) is 36.0 Å². The van der Waals surface area contributed by atoms with Crippen molar-refractivity contribution < 1.29 is 18.3 Å². The second kappa shape index (κ2) is 8.76. The highest BCUT2D eigenvalue weighted by atomic mass is 32.2. The van der Waals surface area contributed by atoms with E-state index in [0.717, 1.165) is 25.7 Å². The molecule has 6 nitrogen and oxygen atoms in total. The molecule has 0 saturated carbocycles. The number of carbonyl (C=O) groups is 1. The van der Waals surface area contributed by atoms with E-state index in [2.05, 4.69) is 10.0 Å². The lowest BCUT2D eigenvalue weighted by Gasteiger charge is -2.07. The Morgan fingerprint density at radius 1 is 1.10 bits per heavy atom. The molecule has 7 heteroatoms. The first-order chi connectivity index (χ1) is 10.0. The lowest BCUT2D eigenvalue weighted by molar-refractivity contribution is 0.0963.